The molecule has 0 radical (unpaired) electrons. The molecule has 1 aromatic carbocycles. The molecule has 1 atom stereocenters. The van der Waals surface area contributed by atoms with Gasteiger partial charge in [-0.05, 0) is 24.7 Å². The molecule has 0 saturated heterocycles. The first-order valence-corrected chi connectivity index (χ1v) is 4.46. The van der Waals surface area contributed by atoms with Gasteiger partial charge in [-0.25, -0.2) is 0 Å². The van der Waals surface area contributed by atoms with Gasteiger partial charge < -0.3 is 5.32 Å². The van der Waals surface area contributed by atoms with Gasteiger partial charge >= 0.3 is 6.18 Å². The van der Waals surface area contributed by atoms with Gasteiger partial charge in [-0.3, -0.25) is 0 Å². The highest BCUT2D eigenvalue weighted by Gasteiger charge is 2.30. The van der Waals surface area contributed by atoms with Crippen molar-refractivity contribution in [2.75, 3.05) is 7.05 Å². The lowest BCUT2D eigenvalue weighted by Crippen LogP contribution is -2.14. The number of hydrogen-bond acceptors (Lipinski definition) is 1. The normalized spacial score (nSPS) is 13.6. The third-order valence-electron chi connectivity index (χ3n) is 2.12. The summed E-state index contributed by atoms with van der Waals surface area (Å²) in [7, 11) is 1.67. The lowest BCUT2D eigenvalue weighted by atomic mass is 10.0. The van der Waals surface area contributed by atoms with Crippen molar-refractivity contribution in [3.05, 3.63) is 48.0 Å². The Morgan fingerprint density at radius 2 is 2.07 bits per heavy atom. The van der Waals surface area contributed by atoms with Crippen molar-refractivity contribution < 1.29 is 13.2 Å². The number of rotatable bonds is 3. The molecule has 4 heteroatoms. The molecule has 1 N–H and O–H groups in total. The summed E-state index contributed by atoms with van der Waals surface area (Å²) in [5.41, 5.74) is -0.0792. The Balaban J connectivity index is 3.07. The molecule has 1 nitrogen and oxygen atoms in total. The third kappa shape index (κ3) is 2.83. The third-order valence-corrected chi connectivity index (χ3v) is 2.12. The topological polar surface area (TPSA) is 12.0 Å². The van der Waals surface area contributed by atoms with E-state index in [-0.39, 0.29) is 6.04 Å². The van der Waals surface area contributed by atoms with Gasteiger partial charge in [0.25, 0.3) is 0 Å². The van der Waals surface area contributed by atoms with Gasteiger partial charge in [0.15, 0.2) is 0 Å². The number of likely N-dealkylation sites (N-methyl/N-ethyl adjacent to an activating group) is 1. The van der Waals surface area contributed by atoms with Crippen LogP contribution < -0.4 is 5.32 Å². The van der Waals surface area contributed by atoms with Gasteiger partial charge in [0.05, 0.1) is 11.6 Å². The minimum absolute atomic E-state index is 0.257. The summed E-state index contributed by atoms with van der Waals surface area (Å²) in [5.74, 6) is 0. The molecule has 1 rings (SSSR count). The van der Waals surface area contributed by atoms with Gasteiger partial charge in [0, 0.05) is 0 Å². The fourth-order valence-electron chi connectivity index (χ4n) is 1.33. The van der Waals surface area contributed by atoms with Crippen molar-refractivity contribution >= 4 is 0 Å². The zero-order valence-corrected chi connectivity index (χ0v) is 8.31. The number of hydrogen-bond donors (Lipinski definition) is 1. The van der Waals surface area contributed by atoms with Gasteiger partial charge in [0.1, 0.15) is 0 Å². The standard InChI is InChI=1S/C11H12F3N/c1-3-10(15-2)8-5-4-6-9(7-8)11(12,13)14/h3-7,10,15H,1H2,2H3. The van der Waals surface area contributed by atoms with Crippen molar-refractivity contribution in [2.45, 2.75) is 12.2 Å². The second-order valence-corrected chi connectivity index (χ2v) is 3.13. The first kappa shape index (κ1) is 11.8. The molecular weight excluding hydrogens is 203 g/mol. The first-order chi connectivity index (χ1) is 6.99. The molecule has 0 aliphatic heterocycles. The quantitative estimate of drug-likeness (QED) is 0.764. The van der Waals surface area contributed by atoms with Gasteiger partial charge in [-0.15, -0.1) is 6.58 Å². The maximum Gasteiger partial charge on any atom is 0.416 e. The van der Waals surface area contributed by atoms with E-state index in [1.54, 1.807) is 19.2 Å². The van der Waals surface area contributed by atoms with Crippen molar-refractivity contribution in [2.24, 2.45) is 0 Å². The van der Waals surface area contributed by atoms with E-state index in [0.29, 0.717) is 5.56 Å². The summed E-state index contributed by atoms with van der Waals surface area (Å²) in [6.07, 6.45) is -2.73. The first-order valence-electron chi connectivity index (χ1n) is 4.46. The molecule has 0 aliphatic rings. The fourth-order valence-corrected chi connectivity index (χ4v) is 1.33. The number of halogens is 3. The van der Waals surface area contributed by atoms with E-state index in [9.17, 15) is 13.2 Å². The average Bonchev–Trinajstić information content (AvgIpc) is 2.19. The van der Waals surface area contributed by atoms with Crippen LogP contribution in [0.2, 0.25) is 0 Å². The Bertz CT molecular complexity index is 344. The monoisotopic (exact) mass is 215 g/mol. The molecule has 0 fully saturated rings. The van der Waals surface area contributed by atoms with E-state index < -0.39 is 11.7 Å². The summed E-state index contributed by atoms with van der Waals surface area (Å²) in [4.78, 5) is 0. The van der Waals surface area contributed by atoms with Crippen LogP contribution in [-0.2, 0) is 6.18 Å². The highest BCUT2D eigenvalue weighted by molar-refractivity contribution is 5.29. The van der Waals surface area contributed by atoms with E-state index in [1.165, 1.54) is 6.07 Å². The highest BCUT2D eigenvalue weighted by Crippen LogP contribution is 2.30. The summed E-state index contributed by atoms with van der Waals surface area (Å²) in [6.45, 7) is 3.56. The molecule has 82 valence electrons. The van der Waals surface area contributed by atoms with Crippen LogP contribution in [0.1, 0.15) is 17.2 Å². The lowest BCUT2D eigenvalue weighted by molar-refractivity contribution is -0.137. The van der Waals surface area contributed by atoms with Crippen molar-refractivity contribution in [3.8, 4) is 0 Å². The number of benzene rings is 1. The zero-order valence-electron chi connectivity index (χ0n) is 8.31. The molecule has 1 aromatic rings. The van der Waals surface area contributed by atoms with Crippen molar-refractivity contribution in [3.63, 3.8) is 0 Å². The van der Waals surface area contributed by atoms with Crippen molar-refractivity contribution in [1.29, 1.82) is 0 Å². The van der Waals surface area contributed by atoms with Crippen LogP contribution in [0, 0.1) is 0 Å². The van der Waals surface area contributed by atoms with Crippen LogP contribution in [0.3, 0.4) is 0 Å². The van der Waals surface area contributed by atoms with Crippen LogP contribution in [-0.4, -0.2) is 7.05 Å². The molecule has 0 amide bonds. The smallest absolute Gasteiger partial charge is 0.310 e. The highest BCUT2D eigenvalue weighted by atomic mass is 19.4. The molecule has 0 spiro atoms. The second kappa shape index (κ2) is 4.49. The molecule has 0 heterocycles. The van der Waals surface area contributed by atoms with E-state index in [1.807, 2.05) is 0 Å². The van der Waals surface area contributed by atoms with E-state index >= 15 is 0 Å². The largest absolute Gasteiger partial charge is 0.416 e. The van der Waals surface area contributed by atoms with E-state index in [4.69, 9.17) is 0 Å². The molecule has 15 heavy (non-hydrogen) atoms. The Morgan fingerprint density at radius 1 is 1.40 bits per heavy atom. The van der Waals surface area contributed by atoms with Crippen LogP contribution in [0.25, 0.3) is 0 Å². The fraction of sp³-hybridized carbons (Fsp3) is 0.273. The van der Waals surface area contributed by atoms with Crippen LogP contribution in [0.15, 0.2) is 36.9 Å². The zero-order chi connectivity index (χ0) is 11.5. The van der Waals surface area contributed by atoms with Crippen LogP contribution >= 0.6 is 0 Å². The predicted molar refractivity (Wildman–Crippen MR) is 53.4 cm³/mol. The Morgan fingerprint density at radius 3 is 2.53 bits per heavy atom. The Kier molecular flexibility index (Phi) is 3.52. The average molecular weight is 215 g/mol. The molecular formula is C11H12F3N. The Labute approximate surface area is 86.6 Å². The predicted octanol–water partition coefficient (Wildman–Crippen LogP) is 3.15. The lowest BCUT2D eigenvalue weighted by Gasteiger charge is -2.14. The Hall–Kier alpha value is -1.29. The SMILES string of the molecule is C=CC(NC)c1cccc(C(F)(F)F)c1. The summed E-state index contributed by atoms with van der Waals surface area (Å²) in [6, 6.07) is 4.96. The van der Waals surface area contributed by atoms with E-state index in [2.05, 4.69) is 11.9 Å². The summed E-state index contributed by atoms with van der Waals surface area (Å²) in [5, 5.41) is 2.86. The van der Waals surface area contributed by atoms with Crippen molar-refractivity contribution in [1.82, 2.24) is 5.32 Å². The summed E-state index contributed by atoms with van der Waals surface area (Å²) < 4.78 is 37.2. The number of alkyl halides is 3. The second-order valence-electron chi connectivity index (χ2n) is 3.13. The molecule has 0 saturated carbocycles. The summed E-state index contributed by atoms with van der Waals surface area (Å²) >= 11 is 0. The molecule has 0 bridgehead atoms. The minimum Gasteiger partial charge on any atom is -0.310 e. The van der Waals surface area contributed by atoms with Gasteiger partial charge in [-0.2, -0.15) is 13.2 Å². The molecule has 1 unspecified atom stereocenters. The molecule has 0 aliphatic carbocycles. The van der Waals surface area contributed by atoms with Crippen LogP contribution in [0.4, 0.5) is 13.2 Å². The van der Waals surface area contributed by atoms with Gasteiger partial charge in [-0.1, -0.05) is 18.2 Å². The van der Waals surface area contributed by atoms with Crippen LogP contribution in [0.5, 0.6) is 0 Å². The molecule has 0 aromatic heterocycles. The maximum atomic E-state index is 12.4. The number of nitrogens with one attached hydrogen (secondary N) is 1. The minimum atomic E-state index is -4.30. The van der Waals surface area contributed by atoms with Gasteiger partial charge in [0.2, 0.25) is 0 Å². The van der Waals surface area contributed by atoms with E-state index in [0.717, 1.165) is 12.1 Å². The maximum absolute atomic E-state index is 12.4.